The molecule has 2 unspecified atom stereocenters. The Kier molecular flexibility index (Phi) is 7.94. The zero-order valence-electron chi connectivity index (χ0n) is 20.2. The Bertz CT molecular complexity index is 1310. The Morgan fingerprint density at radius 1 is 1.11 bits per heavy atom. The van der Waals surface area contributed by atoms with Crippen LogP contribution in [0.25, 0.3) is 6.08 Å². The lowest BCUT2D eigenvalue weighted by molar-refractivity contribution is -0.136. The van der Waals surface area contributed by atoms with Crippen LogP contribution in [0.15, 0.2) is 55.2 Å². The summed E-state index contributed by atoms with van der Waals surface area (Å²) >= 11 is 0. The highest BCUT2D eigenvalue weighted by Crippen LogP contribution is 2.33. The average Bonchev–Trinajstić information content (AvgIpc) is 3.50. The molecule has 2 fully saturated rings. The van der Waals surface area contributed by atoms with E-state index in [4.69, 9.17) is 0 Å². The Balaban J connectivity index is 1.28. The van der Waals surface area contributed by atoms with E-state index in [2.05, 4.69) is 16.9 Å². The fourth-order valence-corrected chi connectivity index (χ4v) is 6.19. The third kappa shape index (κ3) is 5.52. The van der Waals surface area contributed by atoms with Crippen molar-refractivity contribution in [1.82, 2.24) is 19.5 Å². The van der Waals surface area contributed by atoms with Gasteiger partial charge in [-0.25, -0.2) is 8.42 Å². The standard InChI is InChI=1S/C26H28N4O6S/c1-2-18-9-11-19(12-10-18)25(33)28-15-6-4-8-23(32)29-16-13-21-24(29)22(31)17-30(21)37(35,36)26(34)20-7-3-5-14-27-20/h2-3,5,7,9-12,14,21,24H,1,4,6,8,13,15-17H2,(H,28,33). The number of rotatable bonds is 9. The molecule has 2 amide bonds. The Hall–Kier alpha value is -3.70. The summed E-state index contributed by atoms with van der Waals surface area (Å²) < 4.78 is 26.9. The van der Waals surface area contributed by atoms with E-state index in [0.29, 0.717) is 24.9 Å². The molecule has 2 aliphatic rings. The van der Waals surface area contributed by atoms with Gasteiger partial charge in [0.15, 0.2) is 5.78 Å². The van der Waals surface area contributed by atoms with Crippen LogP contribution in [0.2, 0.25) is 0 Å². The molecule has 0 saturated carbocycles. The van der Waals surface area contributed by atoms with Gasteiger partial charge in [-0.2, -0.15) is 4.31 Å². The molecule has 0 aliphatic carbocycles. The van der Waals surface area contributed by atoms with Crippen molar-refractivity contribution in [3.8, 4) is 0 Å². The number of nitrogens with one attached hydrogen (secondary N) is 1. The molecule has 11 heteroatoms. The first-order valence-electron chi connectivity index (χ1n) is 12.0. The normalized spacial score (nSPS) is 19.5. The van der Waals surface area contributed by atoms with Crippen molar-refractivity contribution in [3.05, 3.63) is 72.1 Å². The van der Waals surface area contributed by atoms with Gasteiger partial charge in [-0.1, -0.05) is 30.9 Å². The zero-order valence-corrected chi connectivity index (χ0v) is 21.0. The number of pyridine rings is 1. The molecular formula is C26H28N4O6S. The van der Waals surface area contributed by atoms with Crippen LogP contribution in [0.1, 0.15) is 52.1 Å². The molecule has 37 heavy (non-hydrogen) atoms. The minimum atomic E-state index is -4.46. The van der Waals surface area contributed by atoms with Crippen molar-refractivity contribution in [2.45, 2.75) is 37.8 Å². The molecule has 1 aromatic heterocycles. The Morgan fingerprint density at radius 2 is 1.86 bits per heavy atom. The predicted molar refractivity (Wildman–Crippen MR) is 136 cm³/mol. The predicted octanol–water partition coefficient (Wildman–Crippen LogP) is 1.65. The van der Waals surface area contributed by atoms with Gasteiger partial charge in [-0.05, 0) is 49.1 Å². The van der Waals surface area contributed by atoms with Gasteiger partial charge in [0, 0.05) is 31.3 Å². The third-order valence-corrected chi connectivity index (χ3v) is 8.32. The van der Waals surface area contributed by atoms with Crippen LogP contribution in [-0.4, -0.2) is 77.0 Å². The smallest absolute Gasteiger partial charge is 0.310 e. The molecule has 2 saturated heterocycles. The summed E-state index contributed by atoms with van der Waals surface area (Å²) in [6.07, 6.45) is 4.52. The number of ketones is 1. The second-order valence-electron chi connectivity index (χ2n) is 8.95. The SMILES string of the molecule is C=Cc1ccc(C(=O)NCCCCC(=O)N2CCC3C2C(=O)CN3S(=O)(=O)C(=O)c2ccccn2)cc1. The second kappa shape index (κ2) is 11.1. The number of unbranched alkanes of at least 4 members (excludes halogenated alkanes) is 1. The van der Waals surface area contributed by atoms with Crippen LogP contribution in [0.3, 0.4) is 0 Å². The highest BCUT2D eigenvalue weighted by atomic mass is 32.2. The van der Waals surface area contributed by atoms with Crippen molar-refractivity contribution in [2.75, 3.05) is 19.6 Å². The maximum Gasteiger partial charge on any atom is 0.310 e. The van der Waals surface area contributed by atoms with Crippen molar-refractivity contribution in [3.63, 3.8) is 0 Å². The van der Waals surface area contributed by atoms with Crippen LogP contribution in [0.4, 0.5) is 0 Å². The maximum atomic E-state index is 13.0. The van der Waals surface area contributed by atoms with Crippen LogP contribution >= 0.6 is 0 Å². The van der Waals surface area contributed by atoms with E-state index in [1.165, 1.54) is 23.2 Å². The van der Waals surface area contributed by atoms with Crippen molar-refractivity contribution < 1.29 is 27.6 Å². The van der Waals surface area contributed by atoms with Crippen LogP contribution in [-0.2, 0) is 19.6 Å². The van der Waals surface area contributed by atoms with Gasteiger partial charge < -0.3 is 10.2 Å². The molecule has 3 heterocycles. The summed E-state index contributed by atoms with van der Waals surface area (Å²) in [6.45, 7) is 3.86. The van der Waals surface area contributed by atoms with Gasteiger partial charge in [-0.15, -0.1) is 0 Å². The topological polar surface area (TPSA) is 134 Å². The minimum absolute atomic E-state index is 0.167. The first kappa shape index (κ1) is 26.4. The van der Waals surface area contributed by atoms with Gasteiger partial charge in [0.05, 0.1) is 12.6 Å². The molecule has 10 nitrogen and oxygen atoms in total. The number of fused-ring (bicyclic) bond motifs is 1. The van der Waals surface area contributed by atoms with Gasteiger partial charge in [-0.3, -0.25) is 24.2 Å². The number of amides is 2. The quantitative estimate of drug-likeness (QED) is 0.493. The van der Waals surface area contributed by atoms with E-state index in [1.54, 1.807) is 36.4 Å². The lowest BCUT2D eigenvalue weighted by Crippen LogP contribution is -2.44. The van der Waals surface area contributed by atoms with Crippen LogP contribution in [0.5, 0.6) is 0 Å². The number of hydrogen-bond acceptors (Lipinski definition) is 7. The molecule has 2 aromatic rings. The first-order valence-corrected chi connectivity index (χ1v) is 13.5. The third-order valence-electron chi connectivity index (χ3n) is 6.63. The summed E-state index contributed by atoms with van der Waals surface area (Å²) in [6, 6.07) is 9.76. The molecule has 0 spiro atoms. The maximum absolute atomic E-state index is 13.0. The number of benzene rings is 1. The lowest BCUT2D eigenvalue weighted by Gasteiger charge is -2.23. The summed E-state index contributed by atoms with van der Waals surface area (Å²) in [4.78, 5) is 55.7. The first-order chi connectivity index (χ1) is 17.7. The summed E-state index contributed by atoms with van der Waals surface area (Å²) in [5.41, 5.74) is 1.23. The summed E-state index contributed by atoms with van der Waals surface area (Å²) in [7, 11) is -4.46. The molecule has 1 N–H and O–H groups in total. The van der Waals surface area contributed by atoms with Crippen LogP contribution < -0.4 is 5.32 Å². The highest BCUT2D eigenvalue weighted by Gasteiger charge is 2.54. The second-order valence-corrected chi connectivity index (χ2v) is 10.7. The van der Waals surface area contributed by atoms with Crippen molar-refractivity contribution in [2.24, 2.45) is 0 Å². The van der Waals surface area contributed by atoms with E-state index in [-0.39, 0.29) is 36.9 Å². The number of sulfonamides is 1. The number of hydrogen-bond donors (Lipinski definition) is 1. The molecule has 0 radical (unpaired) electrons. The number of Topliss-reactive ketones (excluding diaryl/α,β-unsaturated/α-hetero) is 1. The van der Waals surface area contributed by atoms with E-state index in [9.17, 15) is 27.6 Å². The molecular weight excluding hydrogens is 496 g/mol. The fraction of sp³-hybridized carbons (Fsp3) is 0.346. The Labute approximate surface area is 215 Å². The van der Waals surface area contributed by atoms with E-state index in [0.717, 1.165) is 9.87 Å². The Morgan fingerprint density at radius 3 is 2.54 bits per heavy atom. The molecule has 1 aromatic carbocycles. The van der Waals surface area contributed by atoms with Gasteiger partial charge >= 0.3 is 5.12 Å². The van der Waals surface area contributed by atoms with E-state index < -0.39 is 39.6 Å². The number of carbonyl (C=O) groups excluding carboxylic acids is 4. The largest absolute Gasteiger partial charge is 0.352 e. The summed E-state index contributed by atoms with van der Waals surface area (Å²) in [5.74, 6) is -0.854. The van der Waals surface area contributed by atoms with Crippen molar-refractivity contribution in [1.29, 1.82) is 0 Å². The van der Waals surface area contributed by atoms with Gasteiger partial charge in [0.25, 0.3) is 15.9 Å². The summed E-state index contributed by atoms with van der Waals surface area (Å²) in [5, 5.41) is 1.65. The minimum Gasteiger partial charge on any atom is -0.352 e. The molecule has 2 atom stereocenters. The number of likely N-dealkylation sites (tertiary alicyclic amines) is 1. The van der Waals surface area contributed by atoms with Crippen molar-refractivity contribution >= 4 is 38.8 Å². The molecule has 2 aliphatic heterocycles. The van der Waals surface area contributed by atoms with E-state index >= 15 is 0 Å². The van der Waals surface area contributed by atoms with Gasteiger partial charge in [0.2, 0.25) is 5.91 Å². The number of carbonyl (C=O) groups is 4. The lowest BCUT2D eigenvalue weighted by atomic mass is 10.1. The van der Waals surface area contributed by atoms with E-state index in [1.807, 2.05) is 0 Å². The monoisotopic (exact) mass is 524 g/mol. The average molecular weight is 525 g/mol. The zero-order chi connectivity index (χ0) is 26.6. The van der Waals surface area contributed by atoms with Gasteiger partial charge in [0.1, 0.15) is 11.7 Å². The molecule has 194 valence electrons. The number of aromatic nitrogens is 1. The number of nitrogens with zero attached hydrogens (tertiary/aromatic N) is 3. The fourth-order valence-electron chi connectivity index (χ4n) is 4.71. The van der Waals surface area contributed by atoms with Crippen LogP contribution in [0, 0.1) is 0 Å². The molecule has 0 bridgehead atoms. The highest BCUT2D eigenvalue weighted by molar-refractivity contribution is 8.04. The molecule has 4 rings (SSSR count).